The number of carbonyl (C=O) groups excluding carboxylic acids is 1. The molecule has 76 valence electrons. The van der Waals surface area contributed by atoms with Gasteiger partial charge in [0.25, 0.3) is 0 Å². The van der Waals surface area contributed by atoms with E-state index < -0.39 is 12.0 Å². The fraction of sp³-hybridized carbons (Fsp3) is 0. The van der Waals surface area contributed by atoms with Gasteiger partial charge in [0.1, 0.15) is 0 Å². The minimum Gasteiger partial charge on any atom is -0.386 e. The van der Waals surface area contributed by atoms with Crippen molar-refractivity contribution in [1.82, 2.24) is 0 Å². The summed E-state index contributed by atoms with van der Waals surface area (Å²) >= 11 is 15.7. The molecule has 0 aliphatic rings. The van der Waals surface area contributed by atoms with E-state index in [1.54, 1.807) is 0 Å². The average Bonchev–Trinajstić information content (AvgIpc) is 2.02. The lowest BCUT2D eigenvalue weighted by Gasteiger charge is -2.03. The third kappa shape index (κ3) is 3.89. The molecule has 3 nitrogen and oxygen atoms in total. The fourth-order valence-corrected chi connectivity index (χ4v) is 1.54. The first-order chi connectivity index (χ1) is 6.38. The molecule has 0 aromatic heterocycles. The van der Waals surface area contributed by atoms with Crippen LogP contribution in [0.2, 0.25) is 5.02 Å². The number of rotatable bonds is 2. The fourth-order valence-electron chi connectivity index (χ4n) is 0.735. The number of hydrogen-bond acceptors (Lipinski definition) is 3. The van der Waals surface area contributed by atoms with Crippen LogP contribution in [0.3, 0.4) is 0 Å². The Labute approximate surface area is 94.9 Å². The zero-order valence-corrected chi connectivity index (χ0v) is 9.78. The molecule has 14 heavy (non-hydrogen) atoms. The van der Waals surface area contributed by atoms with Crippen LogP contribution < -0.4 is 0 Å². The standard InChI is InChI=1S/C7H4Cl3O3P/c8-6-3-1-5(2-4-6)7(11)13-14(9,10)12/h1-4H. The van der Waals surface area contributed by atoms with Crippen LogP contribution in [0.4, 0.5) is 0 Å². The number of hydrogen-bond donors (Lipinski definition) is 0. The molecule has 7 heteroatoms. The second-order valence-corrected chi connectivity index (χ2v) is 6.94. The molecule has 0 heterocycles. The molecule has 0 atom stereocenters. The van der Waals surface area contributed by atoms with Crippen molar-refractivity contribution in [3.63, 3.8) is 0 Å². The minimum atomic E-state index is -3.84. The highest BCUT2D eigenvalue weighted by Crippen LogP contribution is 2.58. The molecule has 1 rings (SSSR count). The summed E-state index contributed by atoms with van der Waals surface area (Å²) in [5.74, 6) is -0.852. The van der Waals surface area contributed by atoms with Crippen molar-refractivity contribution in [2.24, 2.45) is 0 Å². The summed E-state index contributed by atoms with van der Waals surface area (Å²) in [6.45, 7) is 0. The Balaban J connectivity index is 2.81. The molecule has 0 aliphatic carbocycles. The van der Waals surface area contributed by atoms with Crippen LogP contribution in [0.25, 0.3) is 0 Å². The van der Waals surface area contributed by atoms with Gasteiger partial charge < -0.3 is 4.52 Å². The predicted molar refractivity (Wildman–Crippen MR) is 56.2 cm³/mol. The van der Waals surface area contributed by atoms with Crippen LogP contribution in [0.1, 0.15) is 10.4 Å². The van der Waals surface area contributed by atoms with Crippen molar-refractivity contribution >= 4 is 46.1 Å². The van der Waals surface area contributed by atoms with Gasteiger partial charge in [0.2, 0.25) is 0 Å². The molecule has 0 amide bonds. The van der Waals surface area contributed by atoms with Crippen molar-refractivity contribution in [3.8, 4) is 0 Å². The predicted octanol–water partition coefficient (Wildman–Crippen LogP) is 4.08. The Morgan fingerprint density at radius 1 is 1.21 bits per heavy atom. The van der Waals surface area contributed by atoms with Gasteiger partial charge in [0.05, 0.1) is 5.56 Å². The van der Waals surface area contributed by atoms with E-state index in [1.165, 1.54) is 24.3 Å². The first kappa shape index (κ1) is 11.9. The molecular formula is C7H4Cl3O3P. The first-order valence-corrected chi connectivity index (χ1v) is 7.18. The molecule has 0 spiro atoms. The van der Waals surface area contributed by atoms with Crippen LogP contribution in [0, 0.1) is 0 Å². The SMILES string of the molecule is O=C(OP(=O)(Cl)Cl)c1ccc(Cl)cc1. The third-order valence-corrected chi connectivity index (χ3v) is 2.31. The van der Waals surface area contributed by atoms with Gasteiger partial charge in [0.15, 0.2) is 0 Å². The van der Waals surface area contributed by atoms with Crippen molar-refractivity contribution in [2.75, 3.05) is 0 Å². The lowest BCUT2D eigenvalue weighted by atomic mass is 10.2. The smallest absolute Gasteiger partial charge is 0.386 e. The second-order valence-electron chi connectivity index (χ2n) is 2.30. The van der Waals surface area contributed by atoms with Gasteiger partial charge in [-0.25, -0.2) is 9.36 Å². The summed E-state index contributed by atoms with van der Waals surface area (Å²) in [5, 5.41) is 0.474. The Hall–Kier alpha value is -0.210. The van der Waals surface area contributed by atoms with Gasteiger partial charge in [-0.3, -0.25) is 0 Å². The highest BCUT2D eigenvalue weighted by Gasteiger charge is 2.21. The normalized spacial score (nSPS) is 11.1. The zero-order chi connectivity index (χ0) is 10.8. The average molecular weight is 273 g/mol. The van der Waals surface area contributed by atoms with Crippen molar-refractivity contribution in [3.05, 3.63) is 34.9 Å². The van der Waals surface area contributed by atoms with E-state index in [4.69, 9.17) is 34.1 Å². The van der Waals surface area contributed by atoms with Gasteiger partial charge in [-0.05, 0) is 24.3 Å². The quantitative estimate of drug-likeness (QED) is 0.762. The maximum Gasteiger partial charge on any atom is 0.430 e. The summed E-state index contributed by atoms with van der Waals surface area (Å²) in [7, 11) is 0. The monoisotopic (exact) mass is 272 g/mol. The Bertz CT molecular complexity index is 384. The number of benzene rings is 1. The van der Waals surface area contributed by atoms with Gasteiger partial charge in [-0.15, -0.1) is 0 Å². The van der Waals surface area contributed by atoms with E-state index in [9.17, 15) is 9.36 Å². The molecular weight excluding hydrogens is 269 g/mol. The molecule has 0 saturated carbocycles. The molecule has 0 N–H and O–H groups in total. The summed E-state index contributed by atoms with van der Waals surface area (Å²) in [5.41, 5.74) is 0.177. The Morgan fingerprint density at radius 3 is 2.14 bits per heavy atom. The first-order valence-electron chi connectivity index (χ1n) is 3.37. The molecule has 1 aromatic rings. The number of carbonyl (C=O) groups is 1. The van der Waals surface area contributed by atoms with Crippen LogP contribution in [-0.2, 0) is 9.09 Å². The van der Waals surface area contributed by atoms with Crippen molar-refractivity contribution in [2.45, 2.75) is 0 Å². The molecule has 0 aliphatic heterocycles. The number of halogens is 3. The van der Waals surface area contributed by atoms with Crippen LogP contribution in [-0.4, -0.2) is 5.97 Å². The van der Waals surface area contributed by atoms with Gasteiger partial charge in [0, 0.05) is 27.5 Å². The van der Waals surface area contributed by atoms with E-state index in [0.29, 0.717) is 5.02 Å². The van der Waals surface area contributed by atoms with E-state index in [1.807, 2.05) is 0 Å². The maximum absolute atomic E-state index is 11.2. The summed E-state index contributed by atoms with van der Waals surface area (Å²) in [6.07, 6.45) is -3.84. The summed E-state index contributed by atoms with van der Waals surface area (Å²) < 4.78 is 15.0. The van der Waals surface area contributed by atoms with Gasteiger partial charge in [-0.2, -0.15) is 0 Å². The Kier molecular flexibility index (Phi) is 3.85. The van der Waals surface area contributed by atoms with E-state index >= 15 is 0 Å². The van der Waals surface area contributed by atoms with Gasteiger partial charge in [-0.1, -0.05) is 11.6 Å². The molecule has 0 radical (unpaired) electrons. The lowest BCUT2D eigenvalue weighted by Crippen LogP contribution is -1.99. The van der Waals surface area contributed by atoms with Crippen LogP contribution in [0.15, 0.2) is 24.3 Å². The van der Waals surface area contributed by atoms with Crippen molar-refractivity contribution < 1.29 is 13.9 Å². The van der Waals surface area contributed by atoms with Gasteiger partial charge >= 0.3 is 12.0 Å². The summed E-state index contributed by atoms with van der Waals surface area (Å²) in [4.78, 5) is 11.2. The second kappa shape index (κ2) is 4.54. The molecule has 0 bridgehead atoms. The highest BCUT2D eigenvalue weighted by molar-refractivity contribution is 8.05. The molecule has 0 saturated heterocycles. The Morgan fingerprint density at radius 2 is 1.71 bits per heavy atom. The van der Waals surface area contributed by atoms with E-state index in [-0.39, 0.29) is 5.56 Å². The van der Waals surface area contributed by atoms with E-state index in [0.717, 1.165) is 0 Å². The molecule has 1 aromatic carbocycles. The maximum atomic E-state index is 11.2. The molecule has 0 unspecified atom stereocenters. The molecule has 0 fully saturated rings. The third-order valence-electron chi connectivity index (χ3n) is 1.27. The summed E-state index contributed by atoms with van der Waals surface area (Å²) in [6, 6.07) is 5.80. The lowest BCUT2D eigenvalue weighted by molar-refractivity contribution is 0.0751. The van der Waals surface area contributed by atoms with Crippen LogP contribution in [0.5, 0.6) is 0 Å². The minimum absolute atomic E-state index is 0.177. The largest absolute Gasteiger partial charge is 0.430 e. The van der Waals surface area contributed by atoms with E-state index in [2.05, 4.69) is 4.52 Å². The van der Waals surface area contributed by atoms with Crippen molar-refractivity contribution in [1.29, 1.82) is 0 Å². The van der Waals surface area contributed by atoms with Crippen LogP contribution >= 0.6 is 40.2 Å². The topological polar surface area (TPSA) is 43.4 Å². The highest BCUT2D eigenvalue weighted by atomic mass is 35.9. The zero-order valence-electron chi connectivity index (χ0n) is 6.62.